The number of alkyl halides is 2. The molecule has 3 saturated heterocycles. The van der Waals surface area contributed by atoms with E-state index in [9.17, 15) is 23.6 Å². The van der Waals surface area contributed by atoms with Gasteiger partial charge < -0.3 is 100 Å². The SMILES string of the molecule is C.C.COC(=O)c1ccc(CBr)cc1.COC(=O)c1ccc(CSc2[nH]c3cc(OC)ccc3[nH+]2)cc1.COC(=O)c1ccc(CSc2nc3ccc(OCCN4CCOCC4)cc3[nH]2)cc1.COc1ccc2[nH]c(=S)[nH]c2c1.Nc1ccccc1NC(=O)c1ccc(CSc2nc3ccc(OCCN4CCOCC4)cc3[nH]2)cc1.OCCN1CCOCC1.[2H]CF.[Br-]. The fourth-order valence-electron chi connectivity index (χ4n) is 12.4. The highest BCUT2D eigenvalue weighted by Crippen LogP contribution is 2.30. The number of nitrogens with zero attached hydrogens (tertiary/aromatic N) is 5. The van der Waals surface area contributed by atoms with Crippen molar-refractivity contribution in [3.05, 3.63) is 243 Å². The molecule has 13 aromatic rings. The number of H-pyrrole nitrogens is 6. The third-order valence-electron chi connectivity index (χ3n) is 19.2. The molecule has 0 radical (unpaired) electrons. The van der Waals surface area contributed by atoms with Crippen molar-refractivity contribution in [1.29, 1.82) is 0 Å². The molecule has 16 rings (SSSR count). The highest BCUT2D eigenvalue weighted by Gasteiger charge is 2.18. The first-order valence-electron chi connectivity index (χ1n) is 40.3. The smallest absolute Gasteiger partial charge is 0.337 e. The van der Waals surface area contributed by atoms with E-state index in [-0.39, 0.29) is 62.3 Å². The second-order valence-corrected chi connectivity index (χ2v) is 31.4. The molecule has 0 atom stereocenters. The molecule has 35 heteroatoms. The van der Waals surface area contributed by atoms with Gasteiger partial charge in [0.05, 0.1) is 151 Å². The molecule has 4 aromatic heterocycles. The number of ether oxygens (including phenoxy) is 10. The molecule has 680 valence electrons. The molecule has 3 aliphatic heterocycles. The van der Waals surface area contributed by atoms with Gasteiger partial charge >= 0.3 is 23.1 Å². The number of nitrogens with two attached hydrogens (primary N) is 1. The second-order valence-electron chi connectivity index (χ2n) is 27.5. The van der Waals surface area contributed by atoms with Gasteiger partial charge in [-0.15, -0.1) is 0 Å². The van der Waals surface area contributed by atoms with Crippen LogP contribution >= 0.6 is 63.4 Å². The Bertz CT molecular complexity index is 5550. The zero-order chi connectivity index (χ0) is 88.5. The van der Waals surface area contributed by atoms with Crippen LogP contribution in [0.25, 0.3) is 44.1 Å². The maximum Gasteiger partial charge on any atom is 0.337 e. The Balaban J connectivity index is 0.000000221. The molecule has 0 spiro atoms. The van der Waals surface area contributed by atoms with Crippen molar-refractivity contribution < 1.29 is 99.4 Å². The van der Waals surface area contributed by atoms with Crippen LogP contribution in [-0.2, 0) is 51.0 Å². The standard InChI is InChI=1S/C27H29N5O3S.C22H25N3O4S.C17H16N2O3S.C9H9BrO2.C8H8N2OS.C6H13NO2.CH3F.2CH4.BrH/c28-22-3-1-2-4-23(22)29-26(33)20-7-5-19(6-8-20)18-36-27-30-24-10-9-21(17-25(24)31-27)35-16-13-32-11-14-34-15-12-32;1-27-21(26)17-4-2-16(3-5-17)15-30-22-23-19-7-6-18(14-20(19)24-22)29-13-10-25-8-11-28-12-9-25;1-21-13-7-8-14-15(9-13)19-17(18-14)23-10-11-3-5-12(6-4-11)16(20)22-2;1-12-9(11)8-4-2-7(6-10)3-5-8;1-11-5-2-3-6-7(4-5)10-8(12)9-6;8-4-1-7-2-5-9-6-3-7;1-2;;;/h1-10,17H,11-16,18,28H2,(H,29,33)(H,30,31);2-7,14H,8-13,15H2,1H3,(H,23,24);3-9H,10H2,1-2H3,(H,18,19);2-5H,6H2,1H3;2-4H,1H3,(H2,9,10,12);8H,1-6H2;1H3;2*1H4;1H/i;;;;;;1D;;;. The van der Waals surface area contributed by atoms with E-state index in [1.165, 1.54) is 21.3 Å². The number of imidazole rings is 4. The summed E-state index contributed by atoms with van der Waals surface area (Å²) in [6.45, 7) is 14.8. The Kier molecular flexibility index (Phi) is 45.0. The third-order valence-corrected chi connectivity index (χ3v) is 22.9. The van der Waals surface area contributed by atoms with E-state index in [1.54, 1.807) is 98.0 Å². The Morgan fingerprint density at radius 3 is 1.34 bits per heavy atom. The summed E-state index contributed by atoms with van der Waals surface area (Å²) in [6.07, 6.45) is 0. The number of thioether (sulfide) groups is 3. The summed E-state index contributed by atoms with van der Waals surface area (Å²) < 4.78 is 68.2. The number of para-hydroxylation sites is 2. The number of amides is 1. The molecule has 9 aromatic carbocycles. The van der Waals surface area contributed by atoms with Gasteiger partial charge in [-0.25, -0.2) is 34.3 Å². The Labute approximate surface area is 777 Å². The minimum Gasteiger partial charge on any atom is -1.00 e. The average Bonchev–Trinajstić information content (AvgIpc) is 1.70. The predicted octanol–water partition coefficient (Wildman–Crippen LogP) is 13.6. The molecular formula is C92H112Br2FN13O15S4. The average molecular weight is 1950 g/mol. The van der Waals surface area contributed by atoms with Gasteiger partial charge in [-0.1, -0.05) is 115 Å². The lowest BCUT2D eigenvalue weighted by molar-refractivity contribution is -0.396. The number of aliphatic hydroxyl groups is 1. The van der Waals surface area contributed by atoms with Gasteiger partial charge in [-0.05, 0) is 155 Å². The normalized spacial score (nSPS) is 13.0. The number of nitrogen functional groups attached to an aromatic ring is 1. The van der Waals surface area contributed by atoms with Crippen LogP contribution in [0.3, 0.4) is 0 Å². The van der Waals surface area contributed by atoms with Crippen LogP contribution in [0.4, 0.5) is 15.8 Å². The molecule has 0 unspecified atom stereocenters. The van der Waals surface area contributed by atoms with Gasteiger partial charge in [-0.3, -0.25) is 23.9 Å². The van der Waals surface area contributed by atoms with Crippen molar-refractivity contribution in [2.24, 2.45) is 0 Å². The number of β-amino-alcohol motifs (C(OH)–C–C–N with tert-alkyl or cyclic N) is 1. The summed E-state index contributed by atoms with van der Waals surface area (Å²) in [4.78, 5) is 82.1. The fourth-order valence-corrected chi connectivity index (χ4v) is 15.5. The van der Waals surface area contributed by atoms with Crippen LogP contribution in [0.5, 0.6) is 23.0 Å². The number of morpholine rings is 3. The van der Waals surface area contributed by atoms with Crippen molar-refractivity contribution in [3.8, 4) is 23.0 Å². The summed E-state index contributed by atoms with van der Waals surface area (Å²) >= 11 is 13.2. The number of aromatic nitrogens is 8. The number of methoxy groups -OCH3 is 5. The van der Waals surface area contributed by atoms with Gasteiger partial charge in [0, 0.05) is 111 Å². The van der Waals surface area contributed by atoms with Crippen molar-refractivity contribution >= 4 is 143 Å². The summed E-state index contributed by atoms with van der Waals surface area (Å²) in [6, 6.07) is 60.4. The van der Waals surface area contributed by atoms with E-state index in [4.69, 9.17) is 67.1 Å². The van der Waals surface area contributed by atoms with Crippen molar-refractivity contribution in [2.45, 2.75) is 52.9 Å². The molecule has 7 heterocycles. The number of hydrogen-bond donors (Lipinski definition) is 8. The third kappa shape index (κ3) is 33.6. The van der Waals surface area contributed by atoms with E-state index in [2.05, 4.69) is 80.6 Å². The number of anilines is 2. The van der Waals surface area contributed by atoms with Crippen LogP contribution in [0, 0.1) is 4.77 Å². The van der Waals surface area contributed by atoms with Crippen LogP contribution in [0.15, 0.2) is 210 Å². The predicted molar refractivity (Wildman–Crippen MR) is 504 cm³/mol. The minimum atomic E-state index is -1.00. The Hall–Kier alpha value is -10.4. The Morgan fingerprint density at radius 2 is 0.906 bits per heavy atom. The number of hydrogen-bond acceptors (Lipinski definition) is 25. The van der Waals surface area contributed by atoms with Gasteiger partial charge in [0.15, 0.2) is 26.1 Å². The van der Waals surface area contributed by atoms with Crippen LogP contribution in [0.1, 0.15) is 79.9 Å². The van der Waals surface area contributed by atoms with Crippen LogP contribution in [0.2, 0.25) is 0 Å². The molecule has 3 aliphatic rings. The lowest BCUT2D eigenvalue weighted by atomic mass is 10.1. The zero-order valence-electron chi connectivity index (χ0n) is 71.0. The van der Waals surface area contributed by atoms with Gasteiger partial charge in [0.2, 0.25) is 0 Å². The van der Waals surface area contributed by atoms with Gasteiger partial charge in [0.25, 0.3) is 5.91 Å². The molecule has 1 amide bonds. The zero-order valence-corrected chi connectivity index (χ0v) is 76.4. The molecule has 0 aliphatic carbocycles. The van der Waals surface area contributed by atoms with Crippen LogP contribution < -0.4 is 52.0 Å². The number of carbonyl (C=O) groups is 4. The van der Waals surface area contributed by atoms with E-state index in [0.29, 0.717) is 51.6 Å². The number of fused-ring (bicyclic) bond motifs is 4. The number of benzene rings is 9. The highest BCUT2D eigenvalue weighted by molar-refractivity contribution is 9.08. The summed E-state index contributed by atoms with van der Waals surface area (Å²) in [5.74, 6) is 4.48. The molecule has 127 heavy (non-hydrogen) atoms. The first-order chi connectivity index (χ1) is 60.9. The number of aliphatic hydroxyl groups excluding tert-OH is 1. The molecule has 10 N–H and O–H groups in total. The molecule has 0 bridgehead atoms. The first-order valence-corrected chi connectivity index (χ1v) is 44.1. The second kappa shape index (κ2) is 56.1. The first kappa shape index (κ1) is 102. The monoisotopic (exact) mass is 1940 g/mol. The maximum absolute atomic E-state index is 12.5. The number of carbonyl (C=O) groups excluding carboxylic acids is 4. The molecular weight excluding hydrogens is 1830 g/mol. The summed E-state index contributed by atoms with van der Waals surface area (Å²) in [5, 5.41) is 14.9. The van der Waals surface area contributed by atoms with Crippen molar-refractivity contribution in [3.63, 3.8) is 0 Å². The molecule has 3 fully saturated rings. The van der Waals surface area contributed by atoms with E-state index in [1.807, 2.05) is 146 Å². The van der Waals surface area contributed by atoms with Crippen molar-refractivity contribution in [2.75, 3.05) is 172 Å². The lowest BCUT2D eigenvalue weighted by Crippen LogP contribution is -3.00. The summed E-state index contributed by atoms with van der Waals surface area (Å²) in [7, 11) is 6.44. The van der Waals surface area contributed by atoms with Gasteiger partial charge in [0.1, 0.15) is 36.2 Å². The number of nitrogens with one attached hydrogen (secondary N) is 7. The molecule has 28 nitrogen and oxygen atoms in total. The van der Waals surface area contributed by atoms with E-state index < -0.39 is 7.15 Å². The van der Waals surface area contributed by atoms with Crippen LogP contribution in [-0.4, -0.2) is 240 Å². The van der Waals surface area contributed by atoms with Crippen molar-refractivity contribution in [1.82, 2.24) is 49.6 Å². The number of esters is 3. The number of aromatic amines is 6. The number of halogens is 3. The summed E-state index contributed by atoms with van der Waals surface area (Å²) in [5.41, 5.74) is 21.6. The quantitative estimate of drug-likeness (QED) is 0.00592. The largest absolute Gasteiger partial charge is 1.00 e. The maximum atomic E-state index is 12.5. The van der Waals surface area contributed by atoms with Gasteiger partial charge in [-0.2, -0.15) is 0 Å². The number of rotatable bonds is 27. The van der Waals surface area contributed by atoms with E-state index >= 15 is 0 Å². The Morgan fingerprint density at radius 1 is 0.512 bits per heavy atom. The molecule has 0 saturated carbocycles. The topological polar surface area (TPSA) is 347 Å². The fraction of sp³-hybridized carbons (Fsp3) is 0.326. The van der Waals surface area contributed by atoms with E-state index in [0.717, 1.165) is 226 Å². The lowest BCUT2D eigenvalue weighted by Gasteiger charge is -2.26. The highest BCUT2D eigenvalue weighted by atomic mass is 79.9. The minimum absolute atomic E-state index is 0.